The van der Waals surface area contributed by atoms with Crippen LogP contribution in [0.4, 0.5) is 5.95 Å². The number of rotatable bonds is 6. The average molecular weight is 593 g/mol. The lowest BCUT2D eigenvalue weighted by atomic mass is 9.83. The molecule has 0 bridgehead atoms. The van der Waals surface area contributed by atoms with Gasteiger partial charge in [0.25, 0.3) is 0 Å². The first kappa shape index (κ1) is 28.4. The highest BCUT2D eigenvalue weighted by atomic mass is 35.5. The molecule has 1 N–H and O–H groups in total. The molecule has 2 aliphatic rings. The molecule has 4 aromatic rings. The molecule has 42 heavy (non-hydrogen) atoms. The molecule has 1 amide bonds. The highest BCUT2D eigenvalue weighted by molar-refractivity contribution is 6.30. The molecule has 6 rings (SSSR count). The second kappa shape index (κ2) is 11.5. The van der Waals surface area contributed by atoms with Crippen molar-refractivity contribution in [3.63, 3.8) is 0 Å². The Morgan fingerprint density at radius 2 is 1.81 bits per heavy atom. The predicted molar refractivity (Wildman–Crippen MR) is 161 cm³/mol. The standard InChI is InChI=1S/C30H37ClN8O3/c1-5-25(40)37-14-18(3)39(19(4)15-37)29-34-23-11-24(28-35-30(41)42-36-28)33-26(21-10-22(31)13-32-12-21)27(23)38(29)16-20-8-6-17(2)7-9-20/h10-13,17-20H,5-9,14-16H2,1-4H3,(H,35,36,41)/t17-,18-,19?,20-/m1/s1. The first-order valence-corrected chi connectivity index (χ1v) is 15.2. The molecule has 0 spiro atoms. The molecular weight excluding hydrogens is 556 g/mol. The number of aromatic nitrogens is 6. The van der Waals surface area contributed by atoms with Gasteiger partial charge in [0.2, 0.25) is 17.7 Å². The molecule has 0 radical (unpaired) electrons. The second-order valence-electron chi connectivity index (χ2n) is 12.0. The number of piperazine rings is 1. The number of imidazole rings is 1. The van der Waals surface area contributed by atoms with Crippen molar-refractivity contribution in [2.45, 2.75) is 78.4 Å². The summed E-state index contributed by atoms with van der Waals surface area (Å²) < 4.78 is 7.11. The molecule has 1 aliphatic heterocycles. The normalized spacial score (nSPS) is 23.1. The Kier molecular flexibility index (Phi) is 7.78. The topological polar surface area (TPSA) is 126 Å². The largest absolute Gasteiger partial charge is 0.439 e. The average Bonchev–Trinajstić information content (AvgIpc) is 3.56. The van der Waals surface area contributed by atoms with Crippen molar-refractivity contribution in [3.05, 3.63) is 40.1 Å². The quantitative estimate of drug-likeness (QED) is 0.326. The summed E-state index contributed by atoms with van der Waals surface area (Å²) in [6, 6.07) is 3.80. The Morgan fingerprint density at radius 1 is 1.07 bits per heavy atom. The fraction of sp³-hybridized carbons (Fsp3) is 0.533. The fourth-order valence-corrected chi connectivity index (χ4v) is 6.81. The Morgan fingerprint density at radius 3 is 2.45 bits per heavy atom. The molecule has 2 fully saturated rings. The van der Waals surface area contributed by atoms with Gasteiger partial charge in [0.05, 0.1) is 21.7 Å². The summed E-state index contributed by atoms with van der Waals surface area (Å²) in [4.78, 5) is 45.9. The molecule has 1 saturated heterocycles. The third-order valence-corrected chi connectivity index (χ3v) is 8.95. The van der Waals surface area contributed by atoms with E-state index in [-0.39, 0.29) is 23.8 Å². The molecule has 11 nitrogen and oxygen atoms in total. The highest BCUT2D eigenvalue weighted by Gasteiger charge is 2.35. The van der Waals surface area contributed by atoms with Gasteiger partial charge in [-0.1, -0.05) is 43.4 Å². The van der Waals surface area contributed by atoms with Gasteiger partial charge in [0.1, 0.15) is 5.69 Å². The monoisotopic (exact) mass is 592 g/mol. The van der Waals surface area contributed by atoms with Gasteiger partial charge in [-0.15, -0.1) is 0 Å². The number of nitrogens with zero attached hydrogens (tertiary/aromatic N) is 7. The van der Waals surface area contributed by atoms with Crippen LogP contribution in [0.2, 0.25) is 5.02 Å². The van der Waals surface area contributed by atoms with Gasteiger partial charge in [0.15, 0.2) is 0 Å². The molecule has 5 heterocycles. The Bertz CT molecular complexity index is 1640. The van der Waals surface area contributed by atoms with Crippen LogP contribution in [0.1, 0.15) is 59.8 Å². The van der Waals surface area contributed by atoms with Crippen molar-refractivity contribution in [3.8, 4) is 22.8 Å². The fourth-order valence-electron chi connectivity index (χ4n) is 6.63. The van der Waals surface area contributed by atoms with Crippen LogP contribution >= 0.6 is 11.6 Å². The van der Waals surface area contributed by atoms with Gasteiger partial charge < -0.3 is 14.4 Å². The summed E-state index contributed by atoms with van der Waals surface area (Å²) in [5, 5.41) is 4.39. The maximum atomic E-state index is 12.6. The minimum absolute atomic E-state index is 0.0572. The molecule has 1 aliphatic carbocycles. The summed E-state index contributed by atoms with van der Waals surface area (Å²) in [5.41, 5.74) is 3.44. The number of carbonyl (C=O) groups excluding carboxylic acids is 1. The zero-order valence-corrected chi connectivity index (χ0v) is 25.3. The number of hydrogen-bond acceptors (Lipinski definition) is 8. The predicted octanol–water partition coefficient (Wildman–Crippen LogP) is 5.15. The van der Waals surface area contributed by atoms with E-state index in [0.29, 0.717) is 41.8 Å². The van der Waals surface area contributed by atoms with E-state index in [0.717, 1.165) is 47.8 Å². The molecule has 4 aromatic heterocycles. The maximum absolute atomic E-state index is 12.6. The number of amides is 1. The number of nitrogens with one attached hydrogen (secondary N) is 1. The van der Waals surface area contributed by atoms with Crippen LogP contribution in [0.5, 0.6) is 0 Å². The van der Waals surface area contributed by atoms with Gasteiger partial charge in [-0.25, -0.2) is 14.8 Å². The van der Waals surface area contributed by atoms with Crippen LogP contribution in [0.25, 0.3) is 33.8 Å². The summed E-state index contributed by atoms with van der Waals surface area (Å²) in [5.74, 6) is 1.84. The lowest BCUT2D eigenvalue weighted by Crippen LogP contribution is -2.59. The first-order valence-electron chi connectivity index (χ1n) is 14.9. The van der Waals surface area contributed by atoms with E-state index in [1.165, 1.54) is 12.8 Å². The number of pyridine rings is 2. The third kappa shape index (κ3) is 5.42. The van der Waals surface area contributed by atoms with Crippen molar-refractivity contribution >= 4 is 34.5 Å². The highest BCUT2D eigenvalue weighted by Crippen LogP contribution is 2.38. The van der Waals surface area contributed by atoms with E-state index in [1.807, 2.05) is 24.0 Å². The summed E-state index contributed by atoms with van der Waals surface area (Å²) in [6.45, 7) is 10.6. The van der Waals surface area contributed by atoms with E-state index in [9.17, 15) is 9.59 Å². The van der Waals surface area contributed by atoms with Crippen LogP contribution in [-0.4, -0.2) is 65.6 Å². The van der Waals surface area contributed by atoms with Gasteiger partial charge in [-0.2, -0.15) is 0 Å². The van der Waals surface area contributed by atoms with E-state index in [1.54, 1.807) is 12.4 Å². The summed E-state index contributed by atoms with van der Waals surface area (Å²) >= 11 is 6.40. The minimum atomic E-state index is -0.655. The minimum Gasteiger partial charge on any atom is -0.339 e. The Balaban J connectivity index is 1.55. The molecule has 1 saturated carbocycles. The van der Waals surface area contributed by atoms with Crippen molar-refractivity contribution < 1.29 is 9.32 Å². The van der Waals surface area contributed by atoms with Crippen LogP contribution < -0.4 is 10.7 Å². The Hall–Kier alpha value is -3.73. The zero-order valence-electron chi connectivity index (χ0n) is 24.5. The van der Waals surface area contributed by atoms with Gasteiger partial charge in [-0.3, -0.25) is 19.3 Å². The molecule has 222 valence electrons. The van der Waals surface area contributed by atoms with Crippen molar-refractivity contribution in [1.82, 2.24) is 34.6 Å². The third-order valence-electron chi connectivity index (χ3n) is 8.75. The zero-order chi connectivity index (χ0) is 29.5. The number of halogens is 1. The number of anilines is 1. The lowest BCUT2D eigenvalue weighted by molar-refractivity contribution is -0.132. The Labute approximate surface area is 249 Å². The number of hydrogen-bond donors (Lipinski definition) is 1. The number of H-pyrrole nitrogens is 1. The van der Waals surface area contributed by atoms with E-state index < -0.39 is 5.76 Å². The first-order chi connectivity index (χ1) is 20.2. The van der Waals surface area contributed by atoms with Crippen molar-refractivity contribution in [2.24, 2.45) is 11.8 Å². The second-order valence-corrected chi connectivity index (χ2v) is 12.4. The lowest BCUT2D eigenvalue weighted by Gasteiger charge is -2.45. The number of aromatic amines is 1. The van der Waals surface area contributed by atoms with E-state index >= 15 is 0 Å². The summed E-state index contributed by atoms with van der Waals surface area (Å²) in [7, 11) is 0. The van der Waals surface area contributed by atoms with Crippen LogP contribution in [-0.2, 0) is 11.3 Å². The van der Waals surface area contributed by atoms with Gasteiger partial charge >= 0.3 is 5.76 Å². The molecule has 0 aromatic carbocycles. The molecule has 12 heteroatoms. The SMILES string of the molecule is CCC(=O)N1CC(C)N(c2nc3cc(-c4noc(=O)[nH]4)nc(-c4cncc(Cl)c4)c3n2C[C@H]2CC[C@H](C)CC2)[C@H](C)C1. The summed E-state index contributed by atoms with van der Waals surface area (Å²) in [6.07, 6.45) is 8.56. The van der Waals surface area contributed by atoms with Crippen LogP contribution in [0.15, 0.2) is 33.8 Å². The molecular formula is C30H37ClN8O3. The molecule has 1 unspecified atom stereocenters. The number of fused-ring (bicyclic) bond motifs is 1. The van der Waals surface area contributed by atoms with Crippen molar-refractivity contribution in [1.29, 1.82) is 0 Å². The van der Waals surface area contributed by atoms with Crippen molar-refractivity contribution in [2.75, 3.05) is 18.0 Å². The molecule has 2 atom stereocenters. The van der Waals surface area contributed by atoms with Crippen LogP contribution in [0, 0.1) is 11.8 Å². The van der Waals surface area contributed by atoms with Gasteiger partial charge in [0, 0.05) is 56.1 Å². The van der Waals surface area contributed by atoms with Gasteiger partial charge in [-0.05, 0) is 50.7 Å². The smallest absolute Gasteiger partial charge is 0.339 e. The maximum Gasteiger partial charge on any atom is 0.439 e. The van der Waals surface area contributed by atoms with Crippen LogP contribution in [0.3, 0.4) is 0 Å². The van der Waals surface area contributed by atoms with E-state index in [2.05, 4.69) is 45.4 Å². The van der Waals surface area contributed by atoms with E-state index in [4.69, 9.17) is 26.1 Å². The number of carbonyl (C=O) groups is 1.